The van der Waals surface area contributed by atoms with Gasteiger partial charge in [-0.3, -0.25) is 9.59 Å². The third-order valence-corrected chi connectivity index (χ3v) is 3.33. The third kappa shape index (κ3) is 3.57. The van der Waals surface area contributed by atoms with Crippen LogP contribution in [0.1, 0.15) is 29.8 Å². The highest BCUT2D eigenvalue weighted by molar-refractivity contribution is 9.10. The molecule has 0 unspecified atom stereocenters. The van der Waals surface area contributed by atoms with Crippen molar-refractivity contribution < 1.29 is 14.7 Å². The molecule has 0 radical (unpaired) electrons. The van der Waals surface area contributed by atoms with Crippen LogP contribution in [0.3, 0.4) is 0 Å². The van der Waals surface area contributed by atoms with E-state index in [1.54, 1.807) is 26.0 Å². The van der Waals surface area contributed by atoms with Gasteiger partial charge in [-0.05, 0) is 48.8 Å². The molecule has 2 N–H and O–H groups in total. The summed E-state index contributed by atoms with van der Waals surface area (Å²) in [6.45, 7) is 5.12. The second-order valence-electron chi connectivity index (χ2n) is 4.86. The Labute approximate surface area is 115 Å². The minimum atomic E-state index is -0.980. The fourth-order valence-corrected chi connectivity index (χ4v) is 1.71. The van der Waals surface area contributed by atoms with E-state index in [9.17, 15) is 9.59 Å². The highest BCUT2D eigenvalue weighted by Gasteiger charge is 2.27. The molecule has 0 aromatic heterocycles. The van der Waals surface area contributed by atoms with E-state index in [0.29, 0.717) is 10.0 Å². The molecule has 0 spiro atoms. The number of carbonyl (C=O) groups excluding carboxylic acids is 1. The fraction of sp³-hybridized carbons (Fsp3) is 0.385. The summed E-state index contributed by atoms with van der Waals surface area (Å²) in [5.41, 5.74) is 0.503. The van der Waals surface area contributed by atoms with Gasteiger partial charge in [0.15, 0.2) is 0 Å². The van der Waals surface area contributed by atoms with E-state index in [4.69, 9.17) is 5.11 Å². The average molecular weight is 314 g/mol. The molecular formula is C13H16BrNO3. The van der Waals surface area contributed by atoms with Crippen LogP contribution in [-0.2, 0) is 4.79 Å². The zero-order valence-corrected chi connectivity index (χ0v) is 12.2. The van der Waals surface area contributed by atoms with Gasteiger partial charge in [-0.1, -0.05) is 11.6 Å². The van der Waals surface area contributed by atoms with E-state index >= 15 is 0 Å². The Hall–Kier alpha value is -1.36. The van der Waals surface area contributed by atoms with Gasteiger partial charge >= 0.3 is 5.97 Å². The maximum Gasteiger partial charge on any atom is 0.310 e. The van der Waals surface area contributed by atoms with Gasteiger partial charge in [-0.25, -0.2) is 0 Å². The number of nitrogens with one attached hydrogen (secondary N) is 1. The van der Waals surface area contributed by atoms with Crippen LogP contribution in [0, 0.1) is 12.3 Å². The molecule has 1 aromatic rings. The number of hydrogen-bond donors (Lipinski definition) is 2. The summed E-state index contributed by atoms with van der Waals surface area (Å²) in [6, 6.07) is 5.45. The molecule has 0 bridgehead atoms. The molecule has 0 saturated heterocycles. The second kappa shape index (κ2) is 5.52. The summed E-state index contributed by atoms with van der Waals surface area (Å²) in [7, 11) is 0. The van der Waals surface area contributed by atoms with Crippen molar-refractivity contribution in [2.75, 3.05) is 6.54 Å². The Kier molecular flexibility index (Phi) is 4.51. The molecule has 0 saturated carbocycles. The Bertz CT molecular complexity index is 483. The molecule has 0 atom stereocenters. The van der Waals surface area contributed by atoms with Crippen molar-refractivity contribution >= 4 is 27.8 Å². The average Bonchev–Trinajstić information content (AvgIpc) is 2.29. The quantitative estimate of drug-likeness (QED) is 0.898. The molecule has 98 valence electrons. The fourth-order valence-electron chi connectivity index (χ4n) is 1.29. The molecule has 1 aromatic carbocycles. The van der Waals surface area contributed by atoms with Crippen molar-refractivity contribution in [1.29, 1.82) is 0 Å². The summed E-state index contributed by atoms with van der Waals surface area (Å²) in [4.78, 5) is 22.9. The summed E-state index contributed by atoms with van der Waals surface area (Å²) < 4.78 is 0.693. The van der Waals surface area contributed by atoms with Crippen LogP contribution in [0.25, 0.3) is 0 Å². The molecule has 4 nitrogen and oxygen atoms in total. The zero-order valence-electron chi connectivity index (χ0n) is 10.6. The van der Waals surface area contributed by atoms with Gasteiger partial charge in [0.05, 0.1) is 11.0 Å². The van der Waals surface area contributed by atoms with Gasteiger partial charge in [0.1, 0.15) is 0 Å². The maximum atomic E-state index is 12.0. The molecular weight excluding hydrogens is 298 g/mol. The lowest BCUT2D eigenvalue weighted by atomic mass is 9.94. The van der Waals surface area contributed by atoms with E-state index in [2.05, 4.69) is 21.2 Å². The predicted octanol–water partition coefficient (Wildman–Crippen LogP) is 2.60. The lowest BCUT2D eigenvalue weighted by Gasteiger charge is -2.19. The summed E-state index contributed by atoms with van der Waals surface area (Å²) in [6.07, 6.45) is 0. The first kappa shape index (κ1) is 14.7. The van der Waals surface area contributed by atoms with Crippen LogP contribution < -0.4 is 5.32 Å². The summed E-state index contributed by atoms with van der Waals surface area (Å²) in [5, 5.41) is 11.6. The standard InChI is InChI=1S/C13H16BrNO3/c1-8-4-5-10(14)9(6-8)11(16)15-7-13(2,3)12(17)18/h4-6H,7H2,1-3H3,(H,15,16)(H,17,18). The molecule has 0 aliphatic carbocycles. The van der Waals surface area contributed by atoms with Crippen LogP contribution in [0.15, 0.2) is 22.7 Å². The Morgan fingerprint density at radius 2 is 2.00 bits per heavy atom. The van der Waals surface area contributed by atoms with Gasteiger partial charge in [-0.15, -0.1) is 0 Å². The van der Waals surface area contributed by atoms with Crippen LogP contribution >= 0.6 is 15.9 Å². The lowest BCUT2D eigenvalue weighted by molar-refractivity contribution is -0.146. The largest absolute Gasteiger partial charge is 0.481 e. The van der Waals surface area contributed by atoms with Crippen LogP contribution in [0.4, 0.5) is 0 Å². The molecule has 18 heavy (non-hydrogen) atoms. The third-order valence-electron chi connectivity index (χ3n) is 2.64. The number of halogens is 1. The monoisotopic (exact) mass is 313 g/mol. The van der Waals surface area contributed by atoms with Crippen LogP contribution in [-0.4, -0.2) is 23.5 Å². The molecule has 1 rings (SSSR count). The van der Waals surface area contributed by atoms with Gasteiger partial charge < -0.3 is 10.4 Å². The first-order valence-corrected chi connectivity index (χ1v) is 6.31. The SMILES string of the molecule is Cc1ccc(Br)c(C(=O)NCC(C)(C)C(=O)O)c1. The van der Waals surface area contributed by atoms with E-state index in [-0.39, 0.29) is 12.5 Å². The summed E-state index contributed by atoms with van der Waals surface area (Å²) in [5.74, 6) is -1.22. The minimum Gasteiger partial charge on any atom is -0.481 e. The van der Waals surface area contributed by atoms with Gasteiger partial charge in [0, 0.05) is 11.0 Å². The van der Waals surface area contributed by atoms with Gasteiger partial charge in [-0.2, -0.15) is 0 Å². The second-order valence-corrected chi connectivity index (χ2v) is 5.71. The molecule has 1 amide bonds. The first-order chi connectivity index (χ1) is 8.24. The molecule has 0 aliphatic rings. The topological polar surface area (TPSA) is 66.4 Å². The lowest BCUT2D eigenvalue weighted by Crippen LogP contribution is -2.39. The first-order valence-electron chi connectivity index (χ1n) is 5.52. The predicted molar refractivity (Wildman–Crippen MR) is 72.6 cm³/mol. The number of benzene rings is 1. The Balaban J connectivity index is 2.78. The highest BCUT2D eigenvalue weighted by Crippen LogP contribution is 2.19. The number of rotatable bonds is 4. The number of hydrogen-bond acceptors (Lipinski definition) is 2. The van der Waals surface area contributed by atoms with Crippen molar-refractivity contribution in [3.63, 3.8) is 0 Å². The normalized spacial score (nSPS) is 11.1. The highest BCUT2D eigenvalue weighted by atomic mass is 79.9. The molecule has 5 heteroatoms. The molecule has 0 heterocycles. The van der Waals surface area contributed by atoms with Crippen molar-refractivity contribution in [2.45, 2.75) is 20.8 Å². The van der Waals surface area contributed by atoms with Crippen LogP contribution in [0.2, 0.25) is 0 Å². The Morgan fingerprint density at radius 1 is 1.39 bits per heavy atom. The van der Waals surface area contributed by atoms with Gasteiger partial charge in [0.25, 0.3) is 5.91 Å². The van der Waals surface area contributed by atoms with E-state index in [0.717, 1.165) is 5.56 Å². The summed E-state index contributed by atoms with van der Waals surface area (Å²) >= 11 is 3.30. The number of carboxylic acids is 1. The maximum absolute atomic E-state index is 12.0. The van der Waals surface area contributed by atoms with Crippen molar-refractivity contribution in [3.05, 3.63) is 33.8 Å². The van der Waals surface area contributed by atoms with Crippen LogP contribution in [0.5, 0.6) is 0 Å². The van der Waals surface area contributed by atoms with Gasteiger partial charge in [0.2, 0.25) is 0 Å². The zero-order chi connectivity index (χ0) is 13.9. The number of carboxylic acid groups (broad SMARTS) is 1. The molecule has 0 aliphatic heterocycles. The number of carbonyl (C=O) groups is 2. The van der Waals surface area contributed by atoms with Crippen molar-refractivity contribution in [1.82, 2.24) is 5.32 Å². The van der Waals surface area contributed by atoms with Crippen molar-refractivity contribution in [2.24, 2.45) is 5.41 Å². The van der Waals surface area contributed by atoms with E-state index in [1.807, 2.05) is 13.0 Å². The van der Waals surface area contributed by atoms with Crippen molar-refractivity contribution in [3.8, 4) is 0 Å². The number of aliphatic carboxylic acids is 1. The Morgan fingerprint density at radius 3 is 2.56 bits per heavy atom. The molecule has 0 fully saturated rings. The minimum absolute atomic E-state index is 0.0849. The number of aryl methyl sites for hydroxylation is 1. The van der Waals surface area contributed by atoms with E-state index < -0.39 is 11.4 Å². The number of amides is 1. The smallest absolute Gasteiger partial charge is 0.310 e. The van der Waals surface area contributed by atoms with E-state index in [1.165, 1.54) is 0 Å².